The molecule has 4 amide bonds. The third-order valence-electron chi connectivity index (χ3n) is 8.09. The number of carbonyl (C=O) groups is 4. The fourth-order valence-corrected chi connectivity index (χ4v) is 8.43. The first-order valence-corrected chi connectivity index (χ1v) is 15.3. The highest BCUT2D eigenvalue weighted by molar-refractivity contribution is 7.17. The molecule has 3 heterocycles. The highest BCUT2D eigenvalue weighted by atomic mass is 32.1. The lowest BCUT2D eigenvalue weighted by Crippen LogP contribution is -2.21. The van der Waals surface area contributed by atoms with Crippen LogP contribution in [0.4, 0.5) is 10.0 Å². The van der Waals surface area contributed by atoms with E-state index in [1.54, 1.807) is 0 Å². The molecule has 2 aliphatic carbocycles. The van der Waals surface area contributed by atoms with Crippen molar-refractivity contribution in [3.05, 3.63) is 61.6 Å². The summed E-state index contributed by atoms with van der Waals surface area (Å²) >= 11 is 2.80. The molecule has 11 heteroatoms. The number of amides is 4. The van der Waals surface area contributed by atoms with Gasteiger partial charge in [0, 0.05) is 16.0 Å². The molecule has 40 heavy (non-hydrogen) atoms. The number of primary amides is 2. The van der Waals surface area contributed by atoms with Gasteiger partial charge in [0.2, 0.25) is 0 Å². The van der Waals surface area contributed by atoms with E-state index >= 15 is 0 Å². The van der Waals surface area contributed by atoms with Crippen LogP contribution in [0.2, 0.25) is 0 Å². The van der Waals surface area contributed by atoms with Gasteiger partial charge in [0.05, 0.1) is 16.7 Å². The summed E-state index contributed by atoms with van der Waals surface area (Å²) in [6, 6.07) is 2.96. The predicted octanol–water partition coefficient (Wildman–Crippen LogP) is 4.94. The van der Waals surface area contributed by atoms with Gasteiger partial charge in [-0.15, -0.1) is 22.7 Å². The Kier molecular flexibility index (Phi) is 8.04. The molecule has 0 fully saturated rings. The lowest BCUT2D eigenvalue weighted by Gasteiger charge is -2.20. The second-order valence-corrected chi connectivity index (χ2v) is 12.7. The maximum atomic E-state index is 13.0. The summed E-state index contributed by atoms with van der Waals surface area (Å²) in [5.74, 6) is -0.928. The highest BCUT2D eigenvalue weighted by Crippen LogP contribution is 2.41. The van der Waals surface area contributed by atoms with Crippen LogP contribution in [0.5, 0.6) is 0 Å². The molecule has 210 valence electrons. The molecule has 0 spiro atoms. The van der Waals surface area contributed by atoms with Gasteiger partial charge in [0.1, 0.15) is 15.7 Å². The van der Waals surface area contributed by atoms with E-state index in [-0.39, 0.29) is 11.3 Å². The zero-order valence-corrected chi connectivity index (χ0v) is 24.2. The third kappa shape index (κ3) is 5.40. The van der Waals surface area contributed by atoms with Crippen molar-refractivity contribution >= 4 is 56.3 Å². The van der Waals surface area contributed by atoms with Crippen LogP contribution in [0.3, 0.4) is 0 Å². The minimum Gasteiger partial charge on any atom is -0.365 e. The number of nitrogens with one attached hydrogen (secondary N) is 2. The summed E-state index contributed by atoms with van der Waals surface area (Å²) in [6.07, 6.45) is 8.72. The summed E-state index contributed by atoms with van der Waals surface area (Å²) in [4.78, 5) is 56.9. The molecule has 6 N–H and O–H groups in total. The van der Waals surface area contributed by atoms with Gasteiger partial charge < -0.3 is 22.1 Å². The van der Waals surface area contributed by atoms with Crippen molar-refractivity contribution in [1.29, 1.82) is 0 Å². The van der Waals surface area contributed by atoms with Gasteiger partial charge in [-0.25, -0.2) is 0 Å². The van der Waals surface area contributed by atoms with Crippen molar-refractivity contribution in [2.24, 2.45) is 23.3 Å². The number of carbonyl (C=O) groups excluding carboxylic acids is 4. The van der Waals surface area contributed by atoms with Crippen LogP contribution in [0.25, 0.3) is 0 Å². The Balaban J connectivity index is 1.31. The number of thiophene rings is 2. The number of fused-ring (bicyclic) bond motifs is 2. The van der Waals surface area contributed by atoms with E-state index in [0.29, 0.717) is 33.0 Å². The first-order chi connectivity index (χ1) is 19.2. The largest absolute Gasteiger partial charge is 0.365 e. The van der Waals surface area contributed by atoms with E-state index in [1.807, 2.05) is 0 Å². The van der Waals surface area contributed by atoms with Crippen molar-refractivity contribution in [2.45, 2.75) is 65.2 Å². The fraction of sp³-hybridized carbons (Fsp3) is 0.414. The summed E-state index contributed by atoms with van der Waals surface area (Å²) in [5, 5.41) is 6.53. The second-order valence-electron chi connectivity index (χ2n) is 10.5. The quantitative estimate of drug-likeness (QED) is 0.297. The second kappa shape index (κ2) is 11.5. The van der Waals surface area contributed by atoms with Crippen molar-refractivity contribution < 1.29 is 19.2 Å². The zero-order chi connectivity index (χ0) is 28.6. The molecule has 5 rings (SSSR count). The molecule has 9 nitrogen and oxygen atoms in total. The lowest BCUT2D eigenvalue weighted by molar-refractivity contribution is 0.0988. The number of aromatic nitrogens is 1. The van der Waals surface area contributed by atoms with Gasteiger partial charge in [-0.2, -0.15) is 0 Å². The number of hydrogen-bond acceptors (Lipinski definition) is 7. The van der Waals surface area contributed by atoms with Crippen LogP contribution in [0.15, 0.2) is 18.3 Å². The number of anilines is 2. The minimum absolute atomic E-state index is 0.0970. The molecule has 0 saturated carbocycles. The molecule has 2 aliphatic rings. The molecule has 0 saturated heterocycles. The van der Waals surface area contributed by atoms with Crippen LogP contribution >= 0.6 is 22.7 Å². The maximum Gasteiger partial charge on any atom is 0.274 e. The number of rotatable bonds is 8. The average Bonchev–Trinajstić information content (AvgIpc) is 3.49. The Hall–Kier alpha value is -3.57. The Bertz CT molecular complexity index is 1380. The molecule has 0 aromatic carbocycles. The van der Waals surface area contributed by atoms with E-state index in [9.17, 15) is 19.2 Å². The molecule has 0 bridgehead atoms. The SMILES string of the molecule is CCC1CCc2c(sc(NC(=O)c3ccc(C(=O)Nc4sc5c(c4C(N)=O)CCC(CC)C5)nc3)c2C(N)=O)C1. The summed E-state index contributed by atoms with van der Waals surface area (Å²) in [5.41, 5.74) is 14.4. The van der Waals surface area contributed by atoms with Gasteiger partial charge in [-0.3, -0.25) is 24.2 Å². The number of nitrogens with zero attached hydrogens (tertiary/aromatic N) is 1. The molecular formula is C29H33N5O4S2. The van der Waals surface area contributed by atoms with Gasteiger partial charge in [0.25, 0.3) is 23.6 Å². The van der Waals surface area contributed by atoms with Crippen LogP contribution in [-0.4, -0.2) is 28.6 Å². The number of nitrogens with two attached hydrogens (primary N) is 2. The molecule has 0 radical (unpaired) electrons. The molecule has 3 aromatic heterocycles. The highest BCUT2D eigenvalue weighted by Gasteiger charge is 2.30. The zero-order valence-electron chi connectivity index (χ0n) is 22.6. The first kappa shape index (κ1) is 28.0. The van der Waals surface area contributed by atoms with Crippen molar-refractivity contribution in [3.63, 3.8) is 0 Å². The number of pyridine rings is 1. The van der Waals surface area contributed by atoms with Crippen molar-refractivity contribution in [2.75, 3.05) is 10.6 Å². The Morgan fingerprint density at radius 2 is 1.32 bits per heavy atom. The summed E-state index contributed by atoms with van der Waals surface area (Å²) in [6.45, 7) is 4.31. The van der Waals surface area contributed by atoms with E-state index < -0.39 is 23.6 Å². The molecule has 0 aliphatic heterocycles. The van der Waals surface area contributed by atoms with Crippen LogP contribution in [-0.2, 0) is 25.7 Å². The van der Waals surface area contributed by atoms with Crippen LogP contribution in [0, 0.1) is 11.8 Å². The summed E-state index contributed by atoms with van der Waals surface area (Å²) < 4.78 is 0. The van der Waals surface area contributed by atoms with Crippen molar-refractivity contribution in [1.82, 2.24) is 4.98 Å². The first-order valence-electron chi connectivity index (χ1n) is 13.7. The van der Waals surface area contributed by atoms with Gasteiger partial charge in [-0.05, 0) is 73.6 Å². The Morgan fingerprint density at radius 3 is 1.75 bits per heavy atom. The summed E-state index contributed by atoms with van der Waals surface area (Å²) in [7, 11) is 0. The molecule has 3 aromatic rings. The topological polar surface area (TPSA) is 157 Å². The van der Waals surface area contributed by atoms with E-state index in [4.69, 9.17) is 11.5 Å². The fourth-order valence-electron chi connectivity index (χ4n) is 5.71. The number of hydrogen-bond donors (Lipinski definition) is 4. The Labute approximate surface area is 240 Å². The lowest BCUT2D eigenvalue weighted by atomic mass is 9.85. The van der Waals surface area contributed by atoms with Gasteiger partial charge in [0.15, 0.2) is 0 Å². The van der Waals surface area contributed by atoms with Gasteiger partial charge in [-0.1, -0.05) is 26.7 Å². The third-order valence-corrected chi connectivity index (χ3v) is 10.4. The van der Waals surface area contributed by atoms with Crippen LogP contribution in [0.1, 0.15) is 102 Å². The van der Waals surface area contributed by atoms with Crippen LogP contribution < -0.4 is 22.1 Å². The monoisotopic (exact) mass is 579 g/mol. The van der Waals surface area contributed by atoms with E-state index in [0.717, 1.165) is 72.2 Å². The van der Waals surface area contributed by atoms with E-state index in [2.05, 4.69) is 29.5 Å². The van der Waals surface area contributed by atoms with Gasteiger partial charge >= 0.3 is 0 Å². The molecule has 2 atom stereocenters. The average molecular weight is 580 g/mol. The molecular weight excluding hydrogens is 546 g/mol. The minimum atomic E-state index is -0.557. The normalized spacial score (nSPS) is 17.9. The maximum absolute atomic E-state index is 13.0. The standard InChI is InChI=1S/C29H33N5O4S2/c1-3-14-5-8-17-20(11-14)39-28(22(17)24(30)35)33-26(37)16-7-10-19(32-13-16)27(38)34-29-23(25(31)36)18-9-6-15(4-2)12-21(18)40-29/h7,10,13-15H,3-6,8-9,11-12H2,1-2H3,(H2,30,35)(H2,31,36)(H,33,37)(H,34,38). The smallest absolute Gasteiger partial charge is 0.274 e. The van der Waals surface area contributed by atoms with Crippen molar-refractivity contribution in [3.8, 4) is 0 Å². The van der Waals surface area contributed by atoms with E-state index in [1.165, 1.54) is 41.0 Å². The Morgan fingerprint density at radius 1 is 0.825 bits per heavy atom. The molecule has 2 unspecified atom stereocenters. The predicted molar refractivity (Wildman–Crippen MR) is 157 cm³/mol.